The van der Waals surface area contributed by atoms with Gasteiger partial charge in [0.05, 0.1) is 22.9 Å². The zero-order valence-electron chi connectivity index (χ0n) is 12.5. The number of benzene rings is 1. The standard InChI is InChI=1S/C16H24O3S/c1-4-9-20(17,18)15-8-6-7-14(10-15)13(5-2)11-16-12(3)19-16/h6-8,10,12-13,16H,4-5,9,11H2,1-3H3. The molecule has 3 nitrogen and oxygen atoms in total. The van der Waals surface area contributed by atoms with Gasteiger partial charge in [0.2, 0.25) is 0 Å². The Balaban J connectivity index is 2.19. The maximum Gasteiger partial charge on any atom is 0.178 e. The molecule has 0 N–H and O–H groups in total. The van der Waals surface area contributed by atoms with E-state index in [1.807, 2.05) is 25.1 Å². The van der Waals surface area contributed by atoms with Crippen molar-refractivity contribution in [1.82, 2.24) is 0 Å². The van der Waals surface area contributed by atoms with E-state index in [0.29, 0.717) is 29.4 Å². The molecule has 0 bridgehead atoms. The van der Waals surface area contributed by atoms with E-state index in [2.05, 4.69) is 13.8 Å². The van der Waals surface area contributed by atoms with Crippen molar-refractivity contribution in [2.24, 2.45) is 0 Å². The highest BCUT2D eigenvalue weighted by Gasteiger charge is 2.36. The molecular formula is C16H24O3S. The predicted octanol–water partition coefficient (Wildman–Crippen LogP) is 3.54. The van der Waals surface area contributed by atoms with Gasteiger partial charge in [0.25, 0.3) is 0 Å². The van der Waals surface area contributed by atoms with Crippen LogP contribution in [0.1, 0.15) is 51.5 Å². The van der Waals surface area contributed by atoms with Gasteiger partial charge in [0.1, 0.15) is 0 Å². The molecule has 1 aromatic rings. The minimum absolute atomic E-state index is 0.218. The van der Waals surface area contributed by atoms with Crippen molar-refractivity contribution in [3.05, 3.63) is 29.8 Å². The molecule has 2 rings (SSSR count). The van der Waals surface area contributed by atoms with E-state index in [4.69, 9.17) is 4.74 Å². The lowest BCUT2D eigenvalue weighted by molar-refractivity contribution is 0.357. The van der Waals surface area contributed by atoms with E-state index in [9.17, 15) is 8.42 Å². The maximum atomic E-state index is 12.2. The Morgan fingerprint density at radius 1 is 1.30 bits per heavy atom. The molecule has 1 fully saturated rings. The lowest BCUT2D eigenvalue weighted by Crippen LogP contribution is -2.08. The van der Waals surface area contributed by atoms with Gasteiger partial charge in [-0.3, -0.25) is 0 Å². The van der Waals surface area contributed by atoms with Crippen LogP contribution in [-0.4, -0.2) is 26.4 Å². The van der Waals surface area contributed by atoms with Crippen LogP contribution in [0.5, 0.6) is 0 Å². The number of ether oxygens (including phenoxy) is 1. The highest BCUT2D eigenvalue weighted by atomic mass is 32.2. The zero-order chi connectivity index (χ0) is 14.8. The summed E-state index contributed by atoms with van der Waals surface area (Å²) in [5.74, 6) is 0.595. The highest BCUT2D eigenvalue weighted by Crippen LogP contribution is 2.35. The molecule has 0 aliphatic carbocycles. The summed E-state index contributed by atoms with van der Waals surface area (Å²) in [6, 6.07) is 7.45. The van der Waals surface area contributed by atoms with Gasteiger partial charge in [-0.2, -0.15) is 0 Å². The summed E-state index contributed by atoms with van der Waals surface area (Å²) in [6.45, 7) is 6.12. The molecular weight excluding hydrogens is 272 g/mol. The Bertz CT molecular complexity index is 551. The molecule has 4 heteroatoms. The van der Waals surface area contributed by atoms with Crippen molar-refractivity contribution in [2.75, 3.05) is 5.75 Å². The average molecular weight is 296 g/mol. The highest BCUT2D eigenvalue weighted by molar-refractivity contribution is 7.91. The van der Waals surface area contributed by atoms with E-state index >= 15 is 0 Å². The molecule has 0 radical (unpaired) electrons. The van der Waals surface area contributed by atoms with Gasteiger partial charge in [0.15, 0.2) is 9.84 Å². The van der Waals surface area contributed by atoms with E-state index in [1.54, 1.807) is 6.07 Å². The average Bonchev–Trinajstić information content (AvgIpc) is 3.12. The van der Waals surface area contributed by atoms with Crippen LogP contribution in [0.25, 0.3) is 0 Å². The van der Waals surface area contributed by atoms with Crippen LogP contribution in [0.3, 0.4) is 0 Å². The van der Waals surface area contributed by atoms with Crippen molar-refractivity contribution in [1.29, 1.82) is 0 Å². The van der Waals surface area contributed by atoms with Crippen molar-refractivity contribution in [2.45, 2.75) is 63.1 Å². The van der Waals surface area contributed by atoms with E-state index in [1.165, 1.54) is 0 Å². The first-order valence-electron chi connectivity index (χ1n) is 7.46. The lowest BCUT2D eigenvalue weighted by Gasteiger charge is -2.15. The normalized spacial score (nSPS) is 23.6. The smallest absolute Gasteiger partial charge is 0.178 e. The monoisotopic (exact) mass is 296 g/mol. The van der Waals surface area contributed by atoms with Gasteiger partial charge >= 0.3 is 0 Å². The van der Waals surface area contributed by atoms with Crippen molar-refractivity contribution >= 4 is 9.84 Å². The van der Waals surface area contributed by atoms with Gasteiger partial charge < -0.3 is 4.74 Å². The molecule has 20 heavy (non-hydrogen) atoms. The second kappa shape index (κ2) is 6.27. The third-order valence-corrected chi connectivity index (χ3v) is 5.93. The Morgan fingerprint density at radius 3 is 2.55 bits per heavy atom. The molecule has 0 saturated carbocycles. The third-order valence-electron chi connectivity index (χ3n) is 4.01. The molecule has 3 atom stereocenters. The summed E-state index contributed by atoms with van der Waals surface area (Å²) in [5, 5.41) is 0. The minimum Gasteiger partial charge on any atom is -0.370 e. The van der Waals surface area contributed by atoms with Gasteiger partial charge in [-0.05, 0) is 49.8 Å². The summed E-state index contributed by atoms with van der Waals surface area (Å²) in [6.07, 6.45) is 3.34. The van der Waals surface area contributed by atoms with E-state index in [-0.39, 0.29) is 5.75 Å². The third kappa shape index (κ3) is 3.61. The number of rotatable bonds is 7. The lowest BCUT2D eigenvalue weighted by atomic mass is 9.91. The fourth-order valence-electron chi connectivity index (χ4n) is 2.64. The van der Waals surface area contributed by atoms with Gasteiger partial charge in [-0.15, -0.1) is 0 Å². The minimum atomic E-state index is -3.13. The van der Waals surface area contributed by atoms with Crippen molar-refractivity contribution in [3.63, 3.8) is 0 Å². The van der Waals surface area contributed by atoms with Gasteiger partial charge in [0, 0.05) is 0 Å². The van der Waals surface area contributed by atoms with E-state index in [0.717, 1.165) is 18.4 Å². The summed E-state index contributed by atoms with van der Waals surface area (Å²) >= 11 is 0. The summed E-state index contributed by atoms with van der Waals surface area (Å²) in [5.41, 5.74) is 1.12. The van der Waals surface area contributed by atoms with Crippen LogP contribution >= 0.6 is 0 Å². The molecule has 0 aromatic heterocycles. The fraction of sp³-hybridized carbons (Fsp3) is 0.625. The van der Waals surface area contributed by atoms with E-state index < -0.39 is 9.84 Å². The molecule has 1 aliphatic heterocycles. The Labute approximate surface area is 122 Å². The van der Waals surface area contributed by atoms with Crippen LogP contribution in [-0.2, 0) is 14.6 Å². The molecule has 112 valence electrons. The summed E-state index contributed by atoms with van der Waals surface area (Å²) in [4.78, 5) is 0.458. The van der Waals surface area contributed by atoms with Gasteiger partial charge in [-0.1, -0.05) is 26.0 Å². The zero-order valence-corrected chi connectivity index (χ0v) is 13.3. The van der Waals surface area contributed by atoms with Gasteiger partial charge in [-0.25, -0.2) is 8.42 Å². The SMILES string of the molecule is CCCS(=O)(=O)c1cccc(C(CC)CC2OC2C)c1. The van der Waals surface area contributed by atoms with Crippen LogP contribution in [0.15, 0.2) is 29.2 Å². The van der Waals surface area contributed by atoms with Crippen molar-refractivity contribution in [3.8, 4) is 0 Å². The topological polar surface area (TPSA) is 46.7 Å². The number of epoxide rings is 1. The molecule has 1 saturated heterocycles. The summed E-state index contributed by atoms with van der Waals surface area (Å²) < 4.78 is 29.8. The molecule has 1 aliphatic rings. The summed E-state index contributed by atoms with van der Waals surface area (Å²) in [7, 11) is -3.13. The largest absolute Gasteiger partial charge is 0.370 e. The first-order chi connectivity index (χ1) is 9.47. The molecule has 0 amide bonds. The maximum absolute atomic E-state index is 12.2. The number of hydrogen-bond acceptors (Lipinski definition) is 3. The molecule has 0 spiro atoms. The van der Waals surface area contributed by atoms with Crippen LogP contribution < -0.4 is 0 Å². The molecule has 1 heterocycles. The Kier molecular flexibility index (Phi) is 4.86. The predicted molar refractivity (Wildman–Crippen MR) is 80.8 cm³/mol. The Hall–Kier alpha value is -0.870. The second-order valence-corrected chi connectivity index (χ2v) is 7.72. The second-order valence-electron chi connectivity index (χ2n) is 5.61. The first kappa shape index (κ1) is 15.5. The quantitative estimate of drug-likeness (QED) is 0.723. The van der Waals surface area contributed by atoms with Crippen LogP contribution in [0.4, 0.5) is 0 Å². The molecule has 3 unspecified atom stereocenters. The molecule has 1 aromatic carbocycles. The number of hydrogen-bond donors (Lipinski definition) is 0. The number of sulfone groups is 1. The fourth-order valence-corrected chi connectivity index (χ4v) is 4.02. The van der Waals surface area contributed by atoms with Crippen LogP contribution in [0, 0.1) is 0 Å². The Morgan fingerprint density at radius 2 is 2.00 bits per heavy atom. The van der Waals surface area contributed by atoms with Crippen LogP contribution in [0.2, 0.25) is 0 Å². The first-order valence-corrected chi connectivity index (χ1v) is 9.11. The van der Waals surface area contributed by atoms with Crippen molar-refractivity contribution < 1.29 is 13.2 Å².